The van der Waals surface area contributed by atoms with Crippen LogP contribution in [0.1, 0.15) is 58.0 Å². The van der Waals surface area contributed by atoms with Crippen LogP contribution in [0.2, 0.25) is 0 Å². The van der Waals surface area contributed by atoms with Crippen molar-refractivity contribution in [3.05, 3.63) is 70.8 Å². The van der Waals surface area contributed by atoms with Gasteiger partial charge in [0, 0.05) is 43.6 Å². The molecule has 180 valence electrons. The van der Waals surface area contributed by atoms with E-state index in [-0.39, 0.29) is 24.3 Å². The molecule has 2 aromatic carbocycles. The molecule has 0 aromatic heterocycles. The van der Waals surface area contributed by atoms with Gasteiger partial charge in [0.05, 0.1) is 6.61 Å². The fourth-order valence-corrected chi connectivity index (χ4v) is 4.79. The van der Waals surface area contributed by atoms with Gasteiger partial charge in [-0.05, 0) is 44.5 Å². The Morgan fingerprint density at radius 2 is 1.68 bits per heavy atom. The Hall–Kier alpha value is -3.19. The fourth-order valence-electron chi connectivity index (χ4n) is 4.79. The highest BCUT2D eigenvalue weighted by Gasteiger charge is 2.54. The molecule has 2 aliphatic heterocycles. The molecule has 7 heteroatoms. The van der Waals surface area contributed by atoms with E-state index >= 15 is 0 Å². The smallest absolute Gasteiger partial charge is 0.256 e. The van der Waals surface area contributed by atoms with Crippen LogP contribution in [0, 0.1) is 13.8 Å². The summed E-state index contributed by atoms with van der Waals surface area (Å²) in [5, 5.41) is 2.92. The summed E-state index contributed by atoms with van der Waals surface area (Å²) in [4.78, 5) is 43.1. The first kappa shape index (κ1) is 24.0. The minimum Gasteiger partial charge on any atom is -0.354 e. The lowest BCUT2D eigenvalue weighted by atomic mass is 9.95. The summed E-state index contributed by atoms with van der Waals surface area (Å²) in [5.74, 6) is -0.435. The van der Waals surface area contributed by atoms with E-state index in [0.717, 1.165) is 17.5 Å². The maximum atomic E-state index is 13.7. The van der Waals surface area contributed by atoms with Crippen molar-refractivity contribution in [1.29, 1.82) is 0 Å². The number of carbonyl (C=O) groups excluding carboxylic acids is 3. The SMILES string of the molecule is CCCNC(=O)C1COC2(CCN(C(=O)c3cccc(C)c3)CC2)N1C(=O)c1ccc(C)cc1. The quantitative estimate of drug-likeness (QED) is 0.738. The van der Waals surface area contributed by atoms with E-state index in [0.29, 0.717) is 43.6 Å². The number of nitrogens with one attached hydrogen (secondary N) is 1. The monoisotopic (exact) mass is 463 g/mol. The van der Waals surface area contributed by atoms with Gasteiger partial charge >= 0.3 is 0 Å². The van der Waals surface area contributed by atoms with Gasteiger partial charge in [-0.2, -0.15) is 0 Å². The van der Waals surface area contributed by atoms with E-state index in [1.54, 1.807) is 17.0 Å². The van der Waals surface area contributed by atoms with Crippen molar-refractivity contribution in [3.63, 3.8) is 0 Å². The van der Waals surface area contributed by atoms with Gasteiger partial charge in [0.25, 0.3) is 11.8 Å². The van der Waals surface area contributed by atoms with Crippen LogP contribution >= 0.6 is 0 Å². The molecule has 4 rings (SSSR count). The molecule has 1 atom stereocenters. The first-order valence-electron chi connectivity index (χ1n) is 12.0. The van der Waals surface area contributed by atoms with Crippen molar-refractivity contribution < 1.29 is 19.1 Å². The Kier molecular flexibility index (Phi) is 7.03. The second-order valence-electron chi connectivity index (χ2n) is 9.27. The summed E-state index contributed by atoms with van der Waals surface area (Å²) < 4.78 is 6.23. The molecule has 1 spiro atoms. The molecule has 2 fully saturated rings. The normalized spacial score (nSPS) is 19.3. The van der Waals surface area contributed by atoms with Crippen molar-refractivity contribution in [2.45, 2.75) is 51.8 Å². The van der Waals surface area contributed by atoms with Crippen LogP contribution in [-0.2, 0) is 9.53 Å². The van der Waals surface area contributed by atoms with Crippen molar-refractivity contribution in [3.8, 4) is 0 Å². The van der Waals surface area contributed by atoms with Gasteiger partial charge in [-0.3, -0.25) is 19.3 Å². The summed E-state index contributed by atoms with van der Waals surface area (Å²) in [6, 6.07) is 14.2. The van der Waals surface area contributed by atoms with Gasteiger partial charge in [0.2, 0.25) is 5.91 Å². The third-order valence-electron chi connectivity index (χ3n) is 6.73. The molecule has 3 amide bonds. The van der Waals surface area contributed by atoms with E-state index in [1.165, 1.54) is 0 Å². The maximum absolute atomic E-state index is 13.7. The number of piperidine rings is 1. The van der Waals surface area contributed by atoms with Gasteiger partial charge in [0.1, 0.15) is 11.8 Å². The van der Waals surface area contributed by atoms with E-state index < -0.39 is 11.8 Å². The number of likely N-dealkylation sites (tertiary alicyclic amines) is 1. The van der Waals surface area contributed by atoms with Crippen LogP contribution in [0.4, 0.5) is 0 Å². The number of amides is 3. The topological polar surface area (TPSA) is 79.0 Å². The Labute approximate surface area is 201 Å². The molecule has 0 aliphatic carbocycles. The molecular formula is C27H33N3O4. The average molecular weight is 464 g/mol. The standard InChI is InChI=1S/C27H33N3O4/c1-4-14-28-24(31)23-18-34-27(30(23)26(33)21-10-8-19(2)9-11-21)12-15-29(16-13-27)25(32)22-7-5-6-20(3)17-22/h5-11,17,23H,4,12-16,18H2,1-3H3,(H,28,31). The van der Waals surface area contributed by atoms with Crippen LogP contribution in [0.15, 0.2) is 48.5 Å². The second kappa shape index (κ2) is 9.97. The van der Waals surface area contributed by atoms with Crippen molar-refractivity contribution in [2.24, 2.45) is 0 Å². The van der Waals surface area contributed by atoms with E-state index in [2.05, 4.69) is 5.32 Å². The zero-order valence-electron chi connectivity index (χ0n) is 20.2. The minimum absolute atomic E-state index is 0.0230. The van der Waals surface area contributed by atoms with Gasteiger partial charge in [-0.15, -0.1) is 0 Å². The van der Waals surface area contributed by atoms with Gasteiger partial charge in [0.15, 0.2) is 0 Å². The molecule has 2 aliphatic rings. The first-order valence-corrected chi connectivity index (χ1v) is 12.0. The minimum atomic E-state index is -0.903. The largest absolute Gasteiger partial charge is 0.354 e. The average Bonchev–Trinajstić information content (AvgIpc) is 3.21. The predicted molar refractivity (Wildman–Crippen MR) is 129 cm³/mol. The van der Waals surface area contributed by atoms with Crippen molar-refractivity contribution in [1.82, 2.24) is 15.1 Å². The number of ether oxygens (including phenoxy) is 1. The highest BCUT2D eigenvalue weighted by Crippen LogP contribution is 2.38. The molecular weight excluding hydrogens is 430 g/mol. The summed E-state index contributed by atoms with van der Waals surface area (Å²) in [5.41, 5.74) is 2.38. The second-order valence-corrected chi connectivity index (χ2v) is 9.27. The summed E-state index contributed by atoms with van der Waals surface area (Å²) in [6.45, 7) is 7.53. The number of rotatable bonds is 5. The van der Waals surface area contributed by atoms with Gasteiger partial charge < -0.3 is 15.0 Å². The molecule has 34 heavy (non-hydrogen) atoms. The molecule has 2 saturated heterocycles. The zero-order valence-corrected chi connectivity index (χ0v) is 20.2. The van der Waals surface area contributed by atoms with Gasteiger partial charge in [-0.1, -0.05) is 42.3 Å². The predicted octanol–water partition coefficient (Wildman–Crippen LogP) is 3.30. The maximum Gasteiger partial charge on any atom is 0.256 e. The lowest BCUT2D eigenvalue weighted by Crippen LogP contribution is -2.59. The van der Waals surface area contributed by atoms with Crippen LogP contribution < -0.4 is 5.32 Å². The third-order valence-corrected chi connectivity index (χ3v) is 6.73. The highest BCUT2D eigenvalue weighted by atomic mass is 16.5. The van der Waals surface area contributed by atoms with Crippen LogP contribution in [0.25, 0.3) is 0 Å². The number of nitrogens with zero attached hydrogens (tertiary/aromatic N) is 2. The third kappa shape index (κ3) is 4.71. The highest BCUT2D eigenvalue weighted by molar-refractivity contribution is 5.98. The number of hydrogen-bond donors (Lipinski definition) is 1. The van der Waals surface area contributed by atoms with E-state index in [1.807, 2.05) is 62.1 Å². The van der Waals surface area contributed by atoms with E-state index in [4.69, 9.17) is 4.74 Å². The van der Waals surface area contributed by atoms with Crippen molar-refractivity contribution in [2.75, 3.05) is 26.2 Å². The molecule has 1 N–H and O–H groups in total. The number of hydrogen-bond acceptors (Lipinski definition) is 4. The van der Waals surface area contributed by atoms with Crippen molar-refractivity contribution >= 4 is 17.7 Å². The first-order chi connectivity index (χ1) is 16.3. The molecule has 1 unspecified atom stereocenters. The number of aryl methyl sites for hydroxylation is 2. The Bertz CT molecular complexity index is 1060. The van der Waals surface area contributed by atoms with Gasteiger partial charge in [-0.25, -0.2) is 0 Å². The number of benzene rings is 2. The summed E-state index contributed by atoms with van der Waals surface area (Å²) >= 11 is 0. The molecule has 0 bridgehead atoms. The van der Waals surface area contributed by atoms with E-state index in [9.17, 15) is 14.4 Å². The zero-order chi connectivity index (χ0) is 24.3. The van der Waals surface area contributed by atoms with Crippen LogP contribution in [-0.4, -0.2) is 65.5 Å². The summed E-state index contributed by atoms with van der Waals surface area (Å²) in [6.07, 6.45) is 1.73. The molecule has 7 nitrogen and oxygen atoms in total. The summed E-state index contributed by atoms with van der Waals surface area (Å²) in [7, 11) is 0. The number of carbonyl (C=O) groups is 3. The molecule has 0 radical (unpaired) electrons. The lowest BCUT2D eigenvalue weighted by Gasteiger charge is -2.44. The molecule has 2 aromatic rings. The lowest BCUT2D eigenvalue weighted by molar-refractivity contribution is -0.128. The Morgan fingerprint density at radius 1 is 0.971 bits per heavy atom. The van der Waals surface area contributed by atoms with Crippen LogP contribution in [0.5, 0.6) is 0 Å². The fraction of sp³-hybridized carbons (Fsp3) is 0.444. The molecule has 2 heterocycles. The molecule has 0 saturated carbocycles. The van der Waals surface area contributed by atoms with Crippen LogP contribution in [0.3, 0.4) is 0 Å². The Balaban J connectivity index is 1.56. The Morgan fingerprint density at radius 3 is 2.32 bits per heavy atom.